The average molecular weight is 350 g/mol. The number of carbonyl (C=O) groups excluding carboxylic acids is 2. The van der Waals surface area contributed by atoms with Crippen molar-refractivity contribution in [2.24, 2.45) is 0 Å². The Hall–Kier alpha value is -1.69. The van der Waals surface area contributed by atoms with Gasteiger partial charge in [0.15, 0.2) is 0 Å². The first-order valence-corrected chi connectivity index (χ1v) is 9.49. The molecule has 1 aliphatic heterocycles. The minimum Gasteiger partial charge on any atom is -0.339 e. The van der Waals surface area contributed by atoms with E-state index in [2.05, 4.69) is 5.32 Å². The van der Waals surface area contributed by atoms with E-state index >= 15 is 0 Å². The number of thioether (sulfide) groups is 1. The summed E-state index contributed by atoms with van der Waals surface area (Å²) in [6.07, 6.45) is 2.46. The number of benzene rings is 1. The van der Waals surface area contributed by atoms with Crippen molar-refractivity contribution in [2.75, 3.05) is 32.4 Å². The maximum Gasteiger partial charge on any atom is 0.317 e. The Bertz CT molecular complexity index is 573. The van der Waals surface area contributed by atoms with Crippen LogP contribution in [0.1, 0.15) is 26.3 Å². The van der Waals surface area contributed by atoms with E-state index in [-0.39, 0.29) is 17.5 Å². The van der Waals surface area contributed by atoms with Crippen LogP contribution in [-0.2, 0) is 11.2 Å². The van der Waals surface area contributed by atoms with Gasteiger partial charge in [-0.1, -0.05) is 12.1 Å². The van der Waals surface area contributed by atoms with E-state index in [9.17, 15) is 9.59 Å². The summed E-state index contributed by atoms with van der Waals surface area (Å²) in [6, 6.07) is 8.06. The largest absolute Gasteiger partial charge is 0.339 e. The van der Waals surface area contributed by atoms with Crippen LogP contribution in [0.2, 0.25) is 0 Å². The zero-order valence-corrected chi connectivity index (χ0v) is 15.8. The van der Waals surface area contributed by atoms with Crippen LogP contribution >= 0.6 is 11.8 Å². The molecule has 1 N–H and O–H groups in total. The van der Waals surface area contributed by atoms with Gasteiger partial charge in [-0.05, 0) is 44.7 Å². The first kappa shape index (κ1) is 18.6. The zero-order valence-electron chi connectivity index (χ0n) is 15.0. The van der Waals surface area contributed by atoms with Gasteiger partial charge < -0.3 is 15.1 Å². The lowest BCUT2D eigenvalue weighted by atomic mass is 10.1. The quantitative estimate of drug-likeness (QED) is 0.854. The van der Waals surface area contributed by atoms with Crippen LogP contribution in [0.3, 0.4) is 0 Å². The number of piperazine rings is 1. The number of nitrogens with one attached hydrogen (secondary N) is 1. The normalized spacial score (nSPS) is 15.3. The highest BCUT2D eigenvalue weighted by Crippen LogP contribution is 2.16. The fourth-order valence-corrected chi connectivity index (χ4v) is 3.00. The number of hydrogen-bond donors (Lipinski definition) is 1. The lowest BCUT2D eigenvalue weighted by Crippen LogP contribution is -2.56. The standard InChI is InChI=1S/C18H27N3O2S/c1-18(2,3)19-17(23)21-11-9-20(10-12-21)16(22)13-14-5-7-15(24-4)8-6-14/h5-8H,9-13H2,1-4H3,(H,19,23). The summed E-state index contributed by atoms with van der Waals surface area (Å²) in [5.74, 6) is 0.128. The second kappa shape index (κ2) is 7.92. The van der Waals surface area contributed by atoms with Crippen molar-refractivity contribution in [3.63, 3.8) is 0 Å². The molecule has 1 saturated heterocycles. The second-order valence-electron chi connectivity index (χ2n) is 7.07. The van der Waals surface area contributed by atoms with Gasteiger partial charge in [-0.25, -0.2) is 4.79 Å². The number of urea groups is 1. The van der Waals surface area contributed by atoms with Crippen LogP contribution in [0.4, 0.5) is 4.79 Å². The molecule has 2 rings (SSSR count). The van der Waals surface area contributed by atoms with Gasteiger partial charge in [0.05, 0.1) is 6.42 Å². The maximum atomic E-state index is 12.4. The summed E-state index contributed by atoms with van der Waals surface area (Å²) in [5.41, 5.74) is 0.790. The molecule has 24 heavy (non-hydrogen) atoms. The van der Waals surface area contributed by atoms with E-state index in [1.54, 1.807) is 16.7 Å². The molecule has 1 aromatic carbocycles. The lowest BCUT2D eigenvalue weighted by Gasteiger charge is -2.36. The highest BCUT2D eigenvalue weighted by molar-refractivity contribution is 7.98. The Morgan fingerprint density at radius 1 is 1.04 bits per heavy atom. The minimum atomic E-state index is -0.243. The monoisotopic (exact) mass is 349 g/mol. The van der Waals surface area contributed by atoms with E-state index in [1.807, 2.05) is 56.2 Å². The van der Waals surface area contributed by atoms with Crippen molar-refractivity contribution in [2.45, 2.75) is 37.6 Å². The highest BCUT2D eigenvalue weighted by Gasteiger charge is 2.26. The third-order valence-electron chi connectivity index (χ3n) is 3.92. The van der Waals surface area contributed by atoms with Gasteiger partial charge in [0, 0.05) is 36.6 Å². The summed E-state index contributed by atoms with van der Waals surface area (Å²) in [4.78, 5) is 29.4. The topological polar surface area (TPSA) is 52.7 Å². The molecule has 0 bridgehead atoms. The fourth-order valence-electron chi connectivity index (χ4n) is 2.59. The van der Waals surface area contributed by atoms with Crippen LogP contribution in [-0.4, -0.2) is 59.7 Å². The molecule has 132 valence electrons. The van der Waals surface area contributed by atoms with Crippen LogP contribution in [0.15, 0.2) is 29.2 Å². The van der Waals surface area contributed by atoms with E-state index in [4.69, 9.17) is 0 Å². The Kier molecular flexibility index (Phi) is 6.15. The molecule has 0 radical (unpaired) electrons. The molecule has 0 atom stereocenters. The average Bonchev–Trinajstić information content (AvgIpc) is 2.54. The molecule has 6 heteroatoms. The number of hydrogen-bond acceptors (Lipinski definition) is 3. The molecular formula is C18H27N3O2S. The molecule has 0 spiro atoms. The Morgan fingerprint density at radius 3 is 2.08 bits per heavy atom. The Labute approximate surface area is 148 Å². The second-order valence-corrected chi connectivity index (χ2v) is 7.95. The molecule has 3 amide bonds. The molecule has 0 aromatic heterocycles. The van der Waals surface area contributed by atoms with Gasteiger partial charge in [0.25, 0.3) is 0 Å². The first-order valence-electron chi connectivity index (χ1n) is 8.26. The molecule has 1 aliphatic rings. The van der Waals surface area contributed by atoms with Crippen molar-refractivity contribution in [3.8, 4) is 0 Å². The summed E-state index contributed by atoms with van der Waals surface area (Å²) in [7, 11) is 0. The molecule has 5 nitrogen and oxygen atoms in total. The van der Waals surface area contributed by atoms with E-state index in [1.165, 1.54) is 4.90 Å². The van der Waals surface area contributed by atoms with E-state index in [0.29, 0.717) is 32.6 Å². The van der Waals surface area contributed by atoms with Crippen LogP contribution in [0, 0.1) is 0 Å². The summed E-state index contributed by atoms with van der Waals surface area (Å²) < 4.78 is 0. The molecule has 0 aliphatic carbocycles. The van der Waals surface area contributed by atoms with Crippen molar-refractivity contribution < 1.29 is 9.59 Å². The lowest BCUT2D eigenvalue weighted by molar-refractivity contribution is -0.131. The maximum absolute atomic E-state index is 12.4. The smallest absolute Gasteiger partial charge is 0.317 e. The van der Waals surface area contributed by atoms with Gasteiger partial charge in [-0.3, -0.25) is 4.79 Å². The predicted molar refractivity (Wildman–Crippen MR) is 98.4 cm³/mol. The Balaban J connectivity index is 1.82. The fraction of sp³-hybridized carbons (Fsp3) is 0.556. The molecule has 1 heterocycles. The van der Waals surface area contributed by atoms with Crippen molar-refractivity contribution in [1.29, 1.82) is 0 Å². The molecule has 1 fully saturated rings. The van der Waals surface area contributed by atoms with Gasteiger partial charge in [0.2, 0.25) is 5.91 Å². The van der Waals surface area contributed by atoms with Crippen molar-refractivity contribution in [1.82, 2.24) is 15.1 Å². The van der Waals surface area contributed by atoms with Gasteiger partial charge in [0.1, 0.15) is 0 Å². The molecular weight excluding hydrogens is 322 g/mol. The number of rotatable bonds is 3. The van der Waals surface area contributed by atoms with Crippen LogP contribution in [0.5, 0.6) is 0 Å². The molecule has 0 unspecified atom stereocenters. The number of amides is 3. The Morgan fingerprint density at radius 2 is 1.58 bits per heavy atom. The summed E-state index contributed by atoms with van der Waals surface area (Å²) >= 11 is 1.69. The van der Waals surface area contributed by atoms with Crippen molar-refractivity contribution in [3.05, 3.63) is 29.8 Å². The van der Waals surface area contributed by atoms with Gasteiger partial charge in [-0.2, -0.15) is 0 Å². The molecule has 0 saturated carbocycles. The van der Waals surface area contributed by atoms with Gasteiger partial charge in [-0.15, -0.1) is 11.8 Å². The van der Waals surface area contributed by atoms with E-state index < -0.39 is 0 Å². The highest BCUT2D eigenvalue weighted by atomic mass is 32.2. The zero-order chi connectivity index (χ0) is 17.7. The third-order valence-corrected chi connectivity index (χ3v) is 4.66. The number of carbonyl (C=O) groups is 2. The van der Waals surface area contributed by atoms with Gasteiger partial charge >= 0.3 is 6.03 Å². The predicted octanol–water partition coefficient (Wildman–Crippen LogP) is 2.60. The molecule has 1 aromatic rings. The third kappa shape index (κ3) is 5.44. The van der Waals surface area contributed by atoms with Crippen LogP contribution in [0.25, 0.3) is 0 Å². The summed E-state index contributed by atoms with van der Waals surface area (Å²) in [5, 5.41) is 2.97. The first-order chi connectivity index (χ1) is 11.3. The minimum absolute atomic E-state index is 0.0535. The number of nitrogens with zero attached hydrogens (tertiary/aromatic N) is 2. The van der Waals surface area contributed by atoms with E-state index in [0.717, 1.165) is 5.56 Å². The van der Waals surface area contributed by atoms with Crippen LogP contribution < -0.4 is 5.32 Å². The SMILES string of the molecule is CSc1ccc(CC(=O)N2CCN(C(=O)NC(C)(C)C)CC2)cc1. The van der Waals surface area contributed by atoms with Crippen molar-refractivity contribution >= 4 is 23.7 Å². The summed E-state index contributed by atoms with van der Waals surface area (Å²) in [6.45, 7) is 8.25.